The number of fused-ring (bicyclic) bond motifs is 1. The fourth-order valence-corrected chi connectivity index (χ4v) is 6.83. The highest BCUT2D eigenvalue weighted by molar-refractivity contribution is 5.91. The predicted molar refractivity (Wildman–Crippen MR) is 155 cm³/mol. The number of rotatable bonds is 5. The van der Waals surface area contributed by atoms with Crippen molar-refractivity contribution in [3.05, 3.63) is 83.4 Å². The third kappa shape index (κ3) is 4.38. The molecule has 1 spiro atoms. The van der Waals surface area contributed by atoms with Gasteiger partial charge < -0.3 is 19.8 Å². The van der Waals surface area contributed by atoms with Gasteiger partial charge in [-0.2, -0.15) is 0 Å². The van der Waals surface area contributed by atoms with Gasteiger partial charge in [-0.15, -0.1) is 5.10 Å². The number of likely N-dealkylation sites (tertiary alicyclic amines) is 1. The molecule has 0 saturated carbocycles. The van der Waals surface area contributed by atoms with Gasteiger partial charge in [0.15, 0.2) is 11.3 Å². The van der Waals surface area contributed by atoms with Gasteiger partial charge in [-0.3, -0.25) is 4.79 Å². The second-order valence-electron chi connectivity index (χ2n) is 12.2. The minimum atomic E-state index is -1.03. The van der Waals surface area contributed by atoms with E-state index >= 15 is 0 Å². The Morgan fingerprint density at radius 1 is 0.902 bits per heavy atom. The minimum Gasteiger partial charge on any atom is -0.477 e. The highest BCUT2D eigenvalue weighted by Crippen LogP contribution is 2.41. The summed E-state index contributed by atoms with van der Waals surface area (Å²) in [6.45, 7) is 8.97. The molecule has 3 aliphatic rings. The number of nitrogens with zero attached hydrogens (tertiary/aromatic N) is 7. The third-order valence-electron chi connectivity index (χ3n) is 9.15. The zero-order chi connectivity index (χ0) is 28.4. The summed E-state index contributed by atoms with van der Waals surface area (Å²) in [4.78, 5) is 40.2. The van der Waals surface area contributed by atoms with Crippen molar-refractivity contribution in [3.8, 4) is 0 Å². The van der Waals surface area contributed by atoms with Gasteiger partial charge in [0.05, 0.1) is 11.9 Å². The average Bonchev–Trinajstić information content (AvgIpc) is 3.70. The maximum absolute atomic E-state index is 13.6. The summed E-state index contributed by atoms with van der Waals surface area (Å²) >= 11 is 0. The first-order valence-corrected chi connectivity index (χ1v) is 14.1. The molecule has 1 atom stereocenters. The minimum absolute atomic E-state index is 0.0400. The number of carboxylic acid groups (broad SMARTS) is 1. The molecule has 1 N–H and O–H groups in total. The molecule has 0 radical (unpaired) electrons. The molecular formula is C31H33N7O3. The van der Waals surface area contributed by atoms with Crippen LogP contribution in [-0.2, 0) is 5.41 Å². The largest absolute Gasteiger partial charge is 0.477 e. The molecule has 1 aromatic carbocycles. The van der Waals surface area contributed by atoms with Crippen LogP contribution in [0.4, 0.5) is 11.5 Å². The molecule has 41 heavy (non-hydrogen) atoms. The van der Waals surface area contributed by atoms with Gasteiger partial charge in [0.2, 0.25) is 5.82 Å². The molecule has 7 rings (SSSR count). The molecule has 3 aliphatic heterocycles. The van der Waals surface area contributed by atoms with Crippen molar-refractivity contribution in [3.63, 3.8) is 0 Å². The smallest absolute Gasteiger partial charge is 0.354 e. The number of aryl methyl sites for hydroxylation is 1. The molecule has 10 nitrogen and oxygen atoms in total. The number of hydrogen-bond donors (Lipinski definition) is 1. The van der Waals surface area contributed by atoms with Crippen LogP contribution < -0.4 is 9.80 Å². The monoisotopic (exact) mass is 551 g/mol. The SMILES string of the molecule is Cc1cc(N2CC(C)(c3ccccc3)C2)cn2nc(C(=O)N3CC[C@@]4(CCN(c5cccc(C(=O)O)n5)C4)C3)nc12. The van der Waals surface area contributed by atoms with Crippen LogP contribution in [0.15, 0.2) is 60.8 Å². The number of carbonyl (C=O) groups is 2. The summed E-state index contributed by atoms with van der Waals surface area (Å²) in [5, 5.41) is 13.9. The van der Waals surface area contributed by atoms with Crippen molar-refractivity contribution in [2.45, 2.75) is 32.1 Å². The van der Waals surface area contributed by atoms with Crippen LogP contribution in [-0.4, -0.2) is 80.7 Å². The number of aromatic carboxylic acids is 1. The number of hydrogen-bond acceptors (Lipinski definition) is 7. The van der Waals surface area contributed by atoms with E-state index < -0.39 is 5.97 Å². The molecular weight excluding hydrogens is 518 g/mol. The van der Waals surface area contributed by atoms with Crippen molar-refractivity contribution >= 4 is 29.0 Å². The second kappa shape index (κ2) is 9.29. The van der Waals surface area contributed by atoms with Crippen LogP contribution >= 0.6 is 0 Å². The average molecular weight is 552 g/mol. The van der Waals surface area contributed by atoms with E-state index in [4.69, 9.17) is 0 Å². The summed E-state index contributed by atoms with van der Waals surface area (Å²) < 4.78 is 1.75. The Morgan fingerprint density at radius 2 is 1.68 bits per heavy atom. The number of anilines is 2. The van der Waals surface area contributed by atoms with E-state index in [9.17, 15) is 14.7 Å². The van der Waals surface area contributed by atoms with Crippen LogP contribution in [0.1, 0.15) is 52.0 Å². The van der Waals surface area contributed by atoms with Crippen molar-refractivity contribution < 1.29 is 14.7 Å². The molecule has 3 fully saturated rings. The molecule has 210 valence electrons. The predicted octanol–water partition coefficient (Wildman–Crippen LogP) is 3.65. The maximum Gasteiger partial charge on any atom is 0.354 e. The summed E-state index contributed by atoms with van der Waals surface area (Å²) in [6, 6.07) is 17.8. The normalized spacial score (nSPS) is 21.6. The number of benzene rings is 1. The van der Waals surface area contributed by atoms with Crippen molar-refractivity contribution in [1.29, 1.82) is 0 Å². The van der Waals surface area contributed by atoms with Crippen molar-refractivity contribution in [2.24, 2.45) is 5.41 Å². The second-order valence-corrected chi connectivity index (χ2v) is 12.2. The lowest BCUT2D eigenvalue weighted by molar-refractivity contribution is 0.0689. The lowest BCUT2D eigenvalue weighted by Crippen LogP contribution is -2.57. The zero-order valence-corrected chi connectivity index (χ0v) is 23.3. The number of amides is 1. The van der Waals surface area contributed by atoms with Gasteiger partial charge in [-0.05, 0) is 49.1 Å². The molecule has 3 aromatic heterocycles. The summed E-state index contributed by atoms with van der Waals surface area (Å²) in [5.41, 5.74) is 4.24. The Bertz CT molecular complexity index is 1660. The van der Waals surface area contributed by atoms with E-state index in [-0.39, 0.29) is 28.3 Å². The fourth-order valence-electron chi connectivity index (χ4n) is 6.83. The molecule has 0 aliphatic carbocycles. The summed E-state index contributed by atoms with van der Waals surface area (Å²) in [7, 11) is 0. The Labute approximate surface area is 238 Å². The number of carbonyl (C=O) groups excluding carboxylic acids is 1. The Balaban J connectivity index is 1.05. The topological polar surface area (TPSA) is 107 Å². The Hall–Kier alpha value is -4.47. The van der Waals surface area contributed by atoms with Crippen LogP contribution in [0.25, 0.3) is 5.65 Å². The van der Waals surface area contributed by atoms with E-state index in [2.05, 4.69) is 68.2 Å². The Morgan fingerprint density at radius 3 is 2.46 bits per heavy atom. The van der Waals surface area contributed by atoms with Crippen LogP contribution in [0.5, 0.6) is 0 Å². The number of aromatic nitrogens is 4. The molecule has 3 saturated heterocycles. The number of carboxylic acids is 1. The zero-order valence-electron chi connectivity index (χ0n) is 23.3. The quantitative estimate of drug-likeness (QED) is 0.401. The lowest BCUT2D eigenvalue weighted by Gasteiger charge is -2.50. The highest BCUT2D eigenvalue weighted by atomic mass is 16.4. The standard InChI is InChI=1S/C31H33N7O3/c1-21-15-23(37-17-30(2,18-37)22-7-4-3-5-8-22)16-38-27(21)33-26(34-38)28(39)36-14-12-31(20-36)11-13-35(19-31)25-10-6-9-24(32-25)29(40)41/h3-10,15-16H,11-14,17-20H2,1-2H3,(H,40,41)/t31-/m1/s1. The van der Waals surface area contributed by atoms with E-state index in [1.165, 1.54) is 11.6 Å². The third-order valence-corrected chi connectivity index (χ3v) is 9.15. The van der Waals surface area contributed by atoms with Crippen molar-refractivity contribution in [1.82, 2.24) is 24.5 Å². The fraction of sp³-hybridized carbons (Fsp3) is 0.387. The molecule has 0 bridgehead atoms. The maximum atomic E-state index is 13.6. The molecule has 4 aromatic rings. The first-order valence-electron chi connectivity index (χ1n) is 14.1. The molecule has 6 heterocycles. The van der Waals surface area contributed by atoms with Crippen LogP contribution in [0, 0.1) is 12.3 Å². The van der Waals surface area contributed by atoms with E-state index in [1.54, 1.807) is 10.6 Å². The summed E-state index contributed by atoms with van der Waals surface area (Å²) in [6.07, 6.45) is 3.79. The first-order chi connectivity index (χ1) is 19.7. The first kappa shape index (κ1) is 25.5. The Kier molecular flexibility index (Phi) is 5.78. The van der Waals surface area contributed by atoms with Gasteiger partial charge in [0.25, 0.3) is 5.91 Å². The lowest BCUT2D eigenvalue weighted by atomic mass is 9.75. The van der Waals surface area contributed by atoms with Crippen molar-refractivity contribution in [2.75, 3.05) is 49.1 Å². The van der Waals surface area contributed by atoms with Gasteiger partial charge in [0.1, 0.15) is 5.82 Å². The van der Waals surface area contributed by atoms with Gasteiger partial charge in [0, 0.05) is 50.1 Å². The molecule has 1 amide bonds. The highest BCUT2D eigenvalue weighted by Gasteiger charge is 2.46. The van der Waals surface area contributed by atoms with Gasteiger partial charge >= 0.3 is 5.97 Å². The van der Waals surface area contributed by atoms with Gasteiger partial charge in [-0.1, -0.05) is 43.3 Å². The molecule has 10 heteroatoms. The van der Waals surface area contributed by atoms with Crippen LogP contribution in [0.3, 0.4) is 0 Å². The summed E-state index contributed by atoms with van der Waals surface area (Å²) in [5.74, 6) is -0.273. The number of pyridine rings is 2. The molecule has 0 unspecified atom stereocenters. The van der Waals surface area contributed by atoms with Crippen LogP contribution in [0.2, 0.25) is 0 Å². The van der Waals surface area contributed by atoms with Gasteiger partial charge in [-0.25, -0.2) is 19.3 Å². The van der Waals surface area contributed by atoms with E-state index in [1.807, 2.05) is 24.1 Å². The van der Waals surface area contributed by atoms with E-state index in [0.717, 1.165) is 50.3 Å². The van der Waals surface area contributed by atoms with E-state index in [0.29, 0.717) is 24.6 Å².